The number of carbonyl (C=O) groups is 1. The highest BCUT2D eigenvalue weighted by atomic mass is 32.1. The molecule has 0 radical (unpaired) electrons. The van der Waals surface area contributed by atoms with Crippen LogP contribution in [0.5, 0.6) is 0 Å². The van der Waals surface area contributed by atoms with Gasteiger partial charge in [-0.3, -0.25) is 4.79 Å². The van der Waals surface area contributed by atoms with Crippen LogP contribution in [0.3, 0.4) is 0 Å². The second kappa shape index (κ2) is 5.00. The third kappa shape index (κ3) is 2.64. The van der Waals surface area contributed by atoms with Crippen LogP contribution in [0.15, 0.2) is 12.1 Å². The topological polar surface area (TPSA) is 29.1 Å². The van der Waals surface area contributed by atoms with Crippen molar-refractivity contribution in [2.45, 2.75) is 45.6 Å². The number of amides is 1. The second-order valence-corrected chi connectivity index (χ2v) is 6.04. The zero-order valence-electron chi connectivity index (χ0n) is 9.95. The molecular formula is C13H19NOS. The minimum absolute atomic E-state index is 0.108. The Hall–Kier alpha value is -0.830. The zero-order chi connectivity index (χ0) is 11.5. The van der Waals surface area contributed by atoms with E-state index in [0.717, 1.165) is 11.3 Å². The molecule has 2 nitrogen and oxygen atoms in total. The van der Waals surface area contributed by atoms with Crippen LogP contribution >= 0.6 is 11.3 Å². The molecule has 0 bridgehead atoms. The number of aryl methyl sites for hydroxylation is 1. The van der Waals surface area contributed by atoms with Crippen molar-refractivity contribution >= 4 is 17.2 Å². The fraction of sp³-hybridized carbons (Fsp3) is 0.615. The van der Waals surface area contributed by atoms with Crippen molar-refractivity contribution in [3.63, 3.8) is 0 Å². The predicted molar refractivity (Wildman–Crippen MR) is 67.9 cm³/mol. The molecule has 2 atom stereocenters. The highest BCUT2D eigenvalue weighted by Crippen LogP contribution is 2.24. The molecule has 1 saturated carbocycles. The minimum atomic E-state index is 0.108. The van der Waals surface area contributed by atoms with Crippen molar-refractivity contribution in [3.8, 4) is 0 Å². The van der Waals surface area contributed by atoms with E-state index in [4.69, 9.17) is 0 Å². The van der Waals surface area contributed by atoms with Gasteiger partial charge in [0.15, 0.2) is 0 Å². The van der Waals surface area contributed by atoms with Crippen LogP contribution in [-0.4, -0.2) is 11.9 Å². The van der Waals surface area contributed by atoms with Gasteiger partial charge in [-0.1, -0.05) is 19.8 Å². The lowest BCUT2D eigenvalue weighted by molar-refractivity contribution is 0.0914. The van der Waals surface area contributed by atoms with Crippen molar-refractivity contribution < 1.29 is 4.79 Å². The molecule has 1 N–H and O–H groups in total. The lowest BCUT2D eigenvalue weighted by atomic mass is 9.86. The van der Waals surface area contributed by atoms with Crippen LogP contribution in [0, 0.1) is 12.8 Å². The molecule has 0 spiro atoms. The molecule has 1 aliphatic carbocycles. The van der Waals surface area contributed by atoms with E-state index in [-0.39, 0.29) is 5.91 Å². The Kier molecular flexibility index (Phi) is 3.64. The fourth-order valence-electron chi connectivity index (χ4n) is 2.33. The molecule has 1 aromatic heterocycles. The van der Waals surface area contributed by atoms with Gasteiger partial charge in [-0.25, -0.2) is 0 Å². The molecule has 1 aromatic rings. The van der Waals surface area contributed by atoms with Crippen LogP contribution in [0.2, 0.25) is 0 Å². The lowest BCUT2D eigenvalue weighted by Crippen LogP contribution is -2.40. The van der Waals surface area contributed by atoms with Gasteiger partial charge in [0.1, 0.15) is 0 Å². The first kappa shape index (κ1) is 11.6. The van der Waals surface area contributed by atoms with Gasteiger partial charge in [-0.05, 0) is 37.8 Å². The van der Waals surface area contributed by atoms with Gasteiger partial charge in [-0.15, -0.1) is 11.3 Å². The number of hydrogen-bond donors (Lipinski definition) is 1. The van der Waals surface area contributed by atoms with Gasteiger partial charge >= 0.3 is 0 Å². The van der Waals surface area contributed by atoms with Crippen molar-refractivity contribution in [2.24, 2.45) is 5.92 Å². The van der Waals surface area contributed by atoms with Crippen LogP contribution in [0.25, 0.3) is 0 Å². The summed E-state index contributed by atoms with van der Waals surface area (Å²) < 4.78 is 0. The van der Waals surface area contributed by atoms with E-state index in [1.54, 1.807) is 11.3 Å². The third-order valence-electron chi connectivity index (χ3n) is 3.39. The Labute approximate surface area is 101 Å². The summed E-state index contributed by atoms with van der Waals surface area (Å²) in [4.78, 5) is 14.0. The SMILES string of the molecule is Cc1ccc(C(=O)N[C@@H]2CCCC[C@H]2C)s1. The van der Waals surface area contributed by atoms with Gasteiger partial charge in [0.2, 0.25) is 0 Å². The van der Waals surface area contributed by atoms with E-state index in [1.165, 1.54) is 24.1 Å². The average molecular weight is 237 g/mol. The minimum Gasteiger partial charge on any atom is -0.348 e. The van der Waals surface area contributed by atoms with Gasteiger partial charge in [-0.2, -0.15) is 0 Å². The average Bonchev–Trinajstić information content (AvgIpc) is 2.68. The lowest BCUT2D eigenvalue weighted by Gasteiger charge is -2.29. The zero-order valence-corrected chi connectivity index (χ0v) is 10.8. The van der Waals surface area contributed by atoms with Gasteiger partial charge in [0.25, 0.3) is 5.91 Å². The molecule has 0 unspecified atom stereocenters. The van der Waals surface area contributed by atoms with Crippen molar-refractivity contribution in [1.82, 2.24) is 5.32 Å². The molecule has 1 aliphatic rings. The monoisotopic (exact) mass is 237 g/mol. The molecule has 1 fully saturated rings. The highest BCUT2D eigenvalue weighted by Gasteiger charge is 2.23. The van der Waals surface area contributed by atoms with Gasteiger partial charge < -0.3 is 5.32 Å². The fourth-order valence-corrected chi connectivity index (χ4v) is 3.10. The van der Waals surface area contributed by atoms with Crippen LogP contribution in [-0.2, 0) is 0 Å². The summed E-state index contributed by atoms with van der Waals surface area (Å²) in [6.45, 7) is 4.27. The number of thiophene rings is 1. The summed E-state index contributed by atoms with van der Waals surface area (Å²) in [6.07, 6.45) is 4.94. The summed E-state index contributed by atoms with van der Waals surface area (Å²) in [5.74, 6) is 0.732. The Morgan fingerprint density at radius 1 is 1.38 bits per heavy atom. The molecule has 0 aliphatic heterocycles. The van der Waals surface area contributed by atoms with Crippen molar-refractivity contribution in [1.29, 1.82) is 0 Å². The van der Waals surface area contributed by atoms with E-state index >= 15 is 0 Å². The molecule has 0 aromatic carbocycles. The molecule has 16 heavy (non-hydrogen) atoms. The van der Waals surface area contributed by atoms with Crippen LogP contribution in [0.1, 0.15) is 47.2 Å². The molecule has 1 amide bonds. The quantitative estimate of drug-likeness (QED) is 0.839. The molecule has 2 rings (SSSR count). The summed E-state index contributed by atoms with van der Waals surface area (Å²) >= 11 is 1.57. The standard InChI is InChI=1S/C13H19NOS/c1-9-5-3-4-6-11(9)14-13(15)12-8-7-10(2)16-12/h7-9,11H,3-6H2,1-2H3,(H,14,15)/t9-,11-/m1/s1. The first-order chi connectivity index (χ1) is 7.66. The van der Waals surface area contributed by atoms with Gasteiger partial charge in [0, 0.05) is 10.9 Å². The number of nitrogens with one attached hydrogen (secondary N) is 1. The Morgan fingerprint density at radius 3 is 2.75 bits per heavy atom. The maximum absolute atomic E-state index is 12.0. The first-order valence-corrected chi connectivity index (χ1v) is 6.86. The smallest absolute Gasteiger partial charge is 0.261 e. The Bertz CT molecular complexity index is 372. The normalized spacial score (nSPS) is 25.4. The Balaban J connectivity index is 1.96. The number of carbonyl (C=O) groups excluding carboxylic acids is 1. The van der Waals surface area contributed by atoms with E-state index in [1.807, 2.05) is 19.1 Å². The van der Waals surface area contributed by atoms with Crippen LogP contribution in [0.4, 0.5) is 0 Å². The first-order valence-electron chi connectivity index (χ1n) is 6.04. The van der Waals surface area contributed by atoms with E-state index in [0.29, 0.717) is 12.0 Å². The van der Waals surface area contributed by atoms with Crippen LogP contribution < -0.4 is 5.32 Å². The summed E-state index contributed by atoms with van der Waals surface area (Å²) in [5.41, 5.74) is 0. The summed E-state index contributed by atoms with van der Waals surface area (Å²) in [5, 5.41) is 3.17. The van der Waals surface area contributed by atoms with E-state index in [9.17, 15) is 4.79 Å². The number of rotatable bonds is 2. The van der Waals surface area contributed by atoms with Gasteiger partial charge in [0.05, 0.1) is 4.88 Å². The molecule has 1 heterocycles. The predicted octanol–water partition coefficient (Wildman–Crippen LogP) is 3.37. The largest absolute Gasteiger partial charge is 0.348 e. The highest BCUT2D eigenvalue weighted by molar-refractivity contribution is 7.13. The maximum atomic E-state index is 12.0. The molecule has 3 heteroatoms. The van der Waals surface area contributed by atoms with E-state index < -0.39 is 0 Å². The molecular weight excluding hydrogens is 218 g/mol. The van der Waals surface area contributed by atoms with E-state index in [2.05, 4.69) is 12.2 Å². The van der Waals surface area contributed by atoms with Crippen molar-refractivity contribution in [3.05, 3.63) is 21.9 Å². The summed E-state index contributed by atoms with van der Waals surface area (Å²) in [7, 11) is 0. The van der Waals surface area contributed by atoms with Crippen molar-refractivity contribution in [2.75, 3.05) is 0 Å². The maximum Gasteiger partial charge on any atom is 0.261 e. The molecule has 88 valence electrons. The second-order valence-electron chi connectivity index (χ2n) is 4.75. The molecule has 0 saturated heterocycles. The summed E-state index contributed by atoms with van der Waals surface area (Å²) in [6, 6.07) is 4.30. The number of hydrogen-bond acceptors (Lipinski definition) is 2. The Morgan fingerprint density at radius 2 is 2.12 bits per heavy atom. The third-order valence-corrected chi connectivity index (χ3v) is 4.39.